The van der Waals surface area contributed by atoms with Crippen LogP contribution in [0.3, 0.4) is 0 Å². The average Bonchev–Trinajstić information content (AvgIpc) is 2.39. The molecule has 1 heterocycles. The van der Waals surface area contributed by atoms with Gasteiger partial charge in [-0.2, -0.15) is 5.10 Å². The molecule has 0 aliphatic carbocycles. The number of hydrogen-bond acceptors (Lipinski definition) is 4. The third kappa shape index (κ3) is 3.18. The maximum absolute atomic E-state index is 11.0. The minimum absolute atomic E-state index is 0.0723. The Morgan fingerprint density at radius 2 is 2.06 bits per heavy atom. The van der Waals surface area contributed by atoms with Crippen molar-refractivity contribution in [2.75, 3.05) is 5.32 Å². The highest BCUT2D eigenvalue weighted by molar-refractivity contribution is 5.59. The SMILES string of the molecule is Cc1nn(C)c(NC(C)CC(C)C)c1[N+](=O)[O-]. The van der Waals surface area contributed by atoms with E-state index in [-0.39, 0.29) is 16.7 Å². The van der Waals surface area contributed by atoms with Gasteiger partial charge in [0.05, 0.1) is 4.92 Å². The summed E-state index contributed by atoms with van der Waals surface area (Å²) in [5, 5.41) is 18.2. The summed E-state index contributed by atoms with van der Waals surface area (Å²) in [6.07, 6.45) is 0.960. The first kappa shape index (κ1) is 13.5. The van der Waals surface area contributed by atoms with E-state index < -0.39 is 0 Å². The molecule has 1 N–H and O–H groups in total. The second-order valence-corrected chi connectivity index (χ2v) is 4.84. The number of aromatic nitrogens is 2. The second-order valence-electron chi connectivity index (χ2n) is 4.84. The van der Waals surface area contributed by atoms with Gasteiger partial charge in [-0.15, -0.1) is 0 Å². The van der Waals surface area contributed by atoms with Crippen LogP contribution in [-0.4, -0.2) is 20.7 Å². The number of anilines is 1. The van der Waals surface area contributed by atoms with Crippen LogP contribution >= 0.6 is 0 Å². The predicted molar refractivity (Wildman–Crippen MR) is 67.1 cm³/mol. The summed E-state index contributed by atoms with van der Waals surface area (Å²) in [6, 6.07) is 0.184. The fourth-order valence-corrected chi connectivity index (χ4v) is 2.03. The van der Waals surface area contributed by atoms with E-state index in [2.05, 4.69) is 24.3 Å². The molecule has 1 atom stereocenters. The molecular weight excluding hydrogens is 220 g/mol. The third-order valence-corrected chi connectivity index (χ3v) is 2.58. The van der Waals surface area contributed by atoms with Gasteiger partial charge in [0.2, 0.25) is 5.82 Å². The van der Waals surface area contributed by atoms with E-state index in [1.54, 1.807) is 14.0 Å². The summed E-state index contributed by atoms with van der Waals surface area (Å²) < 4.78 is 1.53. The smallest absolute Gasteiger partial charge is 0.333 e. The molecule has 0 aliphatic rings. The molecule has 0 aromatic carbocycles. The highest BCUT2D eigenvalue weighted by atomic mass is 16.6. The van der Waals surface area contributed by atoms with Gasteiger partial charge in [0.15, 0.2) is 0 Å². The van der Waals surface area contributed by atoms with Gasteiger partial charge in [-0.3, -0.25) is 10.1 Å². The van der Waals surface area contributed by atoms with Crippen molar-refractivity contribution in [1.29, 1.82) is 0 Å². The zero-order valence-electron chi connectivity index (χ0n) is 11.0. The molecule has 1 rings (SSSR count). The van der Waals surface area contributed by atoms with Crippen molar-refractivity contribution in [3.63, 3.8) is 0 Å². The molecule has 6 heteroatoms. The second kappa shape index (κ2) is 5.16. The molecule has 0 bridgehead atoms. The topological polar surface area (TPSA) is 73.0 Å². The Bertz CT molecular complexity index is 412. The molecule has 0 radical (unpaired) electrons. The van der Waals surface area contributed by atoms with Crippen LogP contribution in [0.4, 0.5) is 11.5 Å². The summed E-state index contributed by atoms with van der Waals surface area (Å²) in [4.78, 5) is 10.6. The first-order valence-electron chi connectivity index (χ1n) is 5.77. The highest BCUT2D eigenvalue weighted by Crippen LogP contribution is 2.28. The maximum Gasteiger partial charge on any atom is 0.333 e. The minimum Gasteiger partial charge on any atom is -0.362 e. The molecule has 0 saturated carbocycles. The van der Waals surface area contributed by atoms with Crippen LogP contribution in [0.1, 0.15) is 32.9 Å². The Morgan fingerprint density at radius 3 is 2.53 bits per heavy atom. The summed E-state index contributed by atoms with van der Waals surface area (Å²) in [6.45, 7) is 7.92. The molecule has 6 nitrogen and oxygen atoms in total. The lowest BCUT2D eigenvalue weighted by atomic mass is 10.1. The lowest BCUT2D eigenvalue weighted by molar-refractivity contribution is -0.384. The fraction of sp³-hybridized carbons (Fsp3) is 0.727. The number of aryl methyl sites for hydroxylation is 2. The van der Waals surface area contributed by atoms with Crippen LogP contribution in [0.2, 0.25) is 0 Å². The Labute approximate surface area is 101 Å². The third-order valence-electron chi connectivity index (χ3n) is 2.58. The van der Waals surface area contributed by atoms with E-state index in [0.717, 1.165) is 6.42 Å². The molecule has 0 fully saturated rings. The average molecular weight is 240 g/mol. The van der Waals surface area contributed by atoms with Crippen LogP contribution in [-0.2, 0) is 7.05 Å². The van der Waals surface area contributed by atoms with Crippen molar-refractivity contribution in [1.82, 2.24) is 9.78 Å². The van der Waals surface area contributed by atoms with Gasteiger partial charge in [0.25, 0.3) is 0 Å². The molecule has 0 amide bonds. The fourth-order valence-electron chi connectivity index (χ4n) is 2.03. The van der Waals surface area contributed by atoms with Crippen LogP contribution in [0.5, 0.6) is 0 Å². The largest absolute Gasteiger partial charge is 0.362 e. The molecule has 1 unspecified atom stereocenters. The lowest BCUT2D eigenvalue weighted by Gasteiger charge is -2.16. The molecule has 0 aliphatic heterocycles. The highest BCUT2D eigenvalue weighted by Gasteiger charge is 2.24. The molecule has 96 valence electrons. The van der Waals surface area contributed by atoms with Crippen molar-refractivity contribution < 1.29 is 4.92 Å². The molecular formula is C11H20N4O2. The number of rotatable bonds is 5. The van der Waals surface area contributed by atoms with Crippen LogP contribution < -0.4 is 5.32 Å². The number of nitrogens with one attached hydrogen (secondary N) is 1. The Hall–Kier alpha value is -1.59. The van der Waals surface area contributed by atoms with Crippen molar-refractivity contribution in [2.45, 2.75) is 40.2 Å². The Morgan fingerprint density at radius 1 is 1.47 bits per heavy atom. The first-order chi connectivity index (χ1) is 7.82. The summed E-state index contributed by atoms with van der Waals surface area (Å²) in [5.41, 5.74) is 0.514. The van der Waals surface area contributed by atoms with Gasteiger partial charge in [-0.05, 0) is 26.2 Å². The summed E-state index contributed by atoms with van der Waals surface area (Å²) in [7, 11) is 1.71. The van der Waals surface area contributed by atoms with Crippen LogP contribution in [0.15, 0.2) is 0 Å². The molecule has 0 saturated heterocycles. The summed E-state index contributed by atoms with van der Waals surface area (Å²) >= 11 is 0. The van der Waals surface area contributed by atoms with E-state index in [9.17, 15) is 10.1 Å². The van der Waals surface area contributed by atoms with E-state index in [1.807, 2.05) is 6.92 Å². The van der Waals surface area contributed by atoms with E-state index in [4.69, 9.17) is 0 Å². The zero-order chi connectivity index (χ0) is 13.2. The van der Waals surface area contributed by atoms with E-state index in [1.165, 1.54) is 4.68 Å². The predicted octanol–water partition coefficient (Wildman–Crippen LogP) is 2.48. The number of hydrogen-bond donors (Lipinski definition) is 1. The Balaban J connectivity index is 2.94. The molecule has 0 spiro atoms. The molecule has 1 aromatic heterocycles. The Kier molecular flexibility index (Phi) is 4.09. The van der Waals surface area contributed by atoms with E-state index >= 15 is 0 Å². The van der Waals surface area contributed by atoms with Gasteiger partial charge in [0, 0.05) is 13.1 Å². The van der Waals surface area contributed by atoms with Crippen LogP contribution in [0.25, 0.3) is 0 Å². The molecule has 1 aromatic rings. The quantitative estimate of drug-likeness (QED) is 0.634. The minimum atomic E-state index is -0.382. The van der Waals surface area contributed by atoms with Gasteiger partial charge in [0.1, 0.15) is 5.69 Å². The summed E-state index contributed by atoms with van der Waals surface area (Å²) in [5.74, 6) is 1.03. The van der Waals surface area contributed by atoms with Gasteiger partial charge in [-0.25, -0.2) is 4.68 Å². The normalized spacial score (nSPS) is 12.8. The van der Waals surface area contributed by atoms with Crippen molar-refractivity contribution in [3.05, 3.63) is 15.8 Å². The number of nitrogens with zero attached hydrogens (tertiary/aromatic N) is 3. The van der Waals surface area contributed by atoms with Gasteiger partial charge < -0.3 is 5.32 Å². The number of nitro groups is 1. The van der Waals surface area contributed by atoms with Crippen molar-refractivity contribution in [3.8, 4) is 0 Å². The lowest BCUT2D eigenvalue weighted by Crippen LogP contribution is -2.20. The van der Waals surface area contributed by atoms with E-state index in [0.29, 0.717) is 17.4 Å². The van der Waals surface area contributed by atoms with Crippen molar-refractivity contribution >= 4 is 11.5 Å². The maximum atomic E-state index is 11.0. The first-order valence-corrected chi connectivity index (χ1v) is 5.77. The van der Waals surface area contributed by atoms with Gasteiger partial charge >= 0.3 is 5.69 Å². The molecule has 17 heavy (non-hydrogen) atoms. The van der Waals surface area contributed by atoms with Crippen LogP contribution in [0, 0.1) is 23.0 Å². The standard InChI is InChI=1S/C11H20N4O2/c1-7(2)6-8(3)12-11-10(15(16)17)9(4)13-14(11)5/h7-8,12H,6H2,1-5H3. The van der Waals surface area contributed by atoms with Gasteiger partial charge in [-0.1, -0.05) is 13.8 Å². The van der Waals surface area contributed by atoms with Crippen molar-refractivity contribution in [2.24, 2.45) is 13.0 Å². The zero-order valence-corrected chi connectivity index (χ0v) is 11.0. The monoisotopic (exact) mass is 240 g/mol.